The van der Waals surface area contributed by atoms with Crippen LogP contribution in [0.1, 0.15) is 17.3 Å². The molecule has 1 aliphatic heterocycles. The van der Waals surface area contributed by atoms with Crippen molar-refractivity contribution in [3.63, 3.8) is 0 Å². The SMILES string of the molecule is CC(=O)c1cccc(N(CC(=O)NCC[NH+]2CCOCC2)S(C)(=O)=O)c1. The van der Waals surface area contributed by atoms with Crippen LogP contribution < -0.4 is 14.5 Å². The van der Waals surface area contributed by atoms with Crippen LogP contribution in [0.5, 0.6) is 0 Å². The van der Waals surface area contributed by atoms with Crippen LogP contribution in [0.4, 0.5) is 5.69 Å². The van der Waals surface area contributed by atoms with Gasteiger partial charge in [0.05, 0.1) is 38.2 Å². The van der Waals surface area contributed by atoms with Crippen molar-refractivity contribution in [1.29, 1.82) is 0 Å². The first-order chi connectivity index (χ1) is 12.3. The third-order valence-corrected chi connectivity index (χ3v) is 5.37. The summed E-state index contributed by atoms with van der Waals surface area (Å²) in [6.07, 6.45) is 1.04. The first-order valence-corrected chi connectivity index (χ1v) is 10.4. The molecule has 2 N–H and O–H groups in total. The topological polar surface area (TPSA) is 97.2 Å². The number of nitrogens with one attached hydrogen (secondary N) is 2. The summed E-state index contributed by atoms with van der Waals surface area (Å²) in [5.41, 5.74) is 0.696. The van der Waals surface area contributed by atoms with Gasteiger partial charge < -0.3 is 15.0 Å². The van der Waals surface area contributed by atoms with Gasteiger partial charge in [-0.05, 0) is 19.1 Å². The number of Topliss-reactive ketones (excluding diaryl/α,β-unsaturated/α-hetero) is 1. The van der Waals surface area contributed by atoms with E-state index in [9.17, 15) is 18.0 Å². The van der Waals surface area contributed by atoms with Crippen molar-refractivity contribution in [2.75, 3.05) is 56.5 Å². The molecule has 1 aliphatic rings. The Labute approximate surface area is 154 Å². The number of benzene rings is 1. The van der Waals surface area contributed by atoms with Gasteiger partial charge in [0.15, 0.2) is 5.78 Å². The van der Waals surface area contributed by atoms with Crippen molar-refractivity contribution in [3.8, 4) is 0 Å². The zero-order valence-electron chi connectivity index (χ0n) is 15.2. The Kier molecular flexibility index (Phi) is 7.13. The minimum Gasteiger partial charge on any atom is -0.370 e. The minimum absolute atomic E-state index is 0.168. The number of nitrogens with zero attached hydrogens (tertiary/aromatic N) is 1. The summed E-state index contributed by atoms with van der Waals surface area (Å²) in [5, 5.41) is 2.77. The Balaban J connectivity index is 1.98. The van der Waals surface area contributed by atoms with E-state index in [2.05, 4.69) is 5.32 Å². The molecular weight excluding hydrogens is 358 g/mol. The number of hydrogen-bond donors (Lipinski definition) is 2. The lowest BCUT2D eigenvalue weighted by molar-refractivity contribution is -0.906. The molecule has 0 aromatic heterocycles. The second-order valence-electron chi connectivity index (χ2n) is 6.34. The van der Waals surface area contributed by atoms with E-state index < -0.39 is 10.0 Å². The molecule has 8 nitrogen and oxygen atoms in total. The van der Waals surface area contributed by atoms with Gasteiger partial charge >= 0.3 is 0 Å². The molecule has 1 amide bonds. The molecular formula is C17H26N3O5S+. The largest absolute Gasteiger partial charge is 0.370 e. The van der Waals surface area contributed by atoms with Gasteiger partial charge in [0.2, 0.25) is 15.9 Å². The lowest BCUT2D eigenvalue weighted by Gasteiger charge is -2.24. The summed E-state index contributed by atoms with van der Waals surface area (Å²) < 4.78 is 30.5. The highest BCUT2D eigenvalue weighted by Gasteiger charge is 2.22. The van der Waals surface area contributed by atoms with Crippen molar-refractivity contribution in [1.82, 2.24) is 5.32 Å². The highest BCUT2D eigenvalue weighted by molar-refractivity contribution is 7.92. The lowest BCUT2D eigenvalue weighted by atomic mass is 10.1. The fourth-order valence-electron chi connectivity index (χ4n) is 2.76. The number of rotatable bonds is 8. The molecule has 1 fully saturated rings. The maximum Gasteiger partial charge on any atom is 0.240 e. The van der Waals surface area contributed by atoms with Crippen LogP contribution in [0, 0.1) is 0 Å². The van der Waals surface area contributed by atoms with E-state index in [-0.39, 0.29) is 18.2 Å². The summed E-state index contributed by atoms with van der Waals surface area (Å²) in [4.78, 5) is 25.1. The van der Waals surface area contributed by atoms with Gasteiger partial charge in [-0.15, -0.1) is 0 Å². The maximum absolute atomic E-state index is 12.2. The Hall–Kier alpha value is -1.97. The summed E-state index contributed by atoms with van der Waals surface area (Å²) in [6, 6.07) is 6.26. The predicted molar refractivity (Wildman–Crippen MR) is 98.0 cm³/mol. The van der Waals surface area contributed by atoms with E-state index >= 15 is 0 Å². The van der Waals surface area contributed by atoms with Gasteiger partial charge in [-0.3, -0.25) is 13.9 Å². The van der Waals surface area contributed by atoms with Gasteiger partial charge in [0.25, 0.3) is 0 Å². The summed E-state index contributed by atoms with van der Waals surface area (Å²) in [6.45, 7) is 5.58. The molecule has 9 heteroatoms. The molecule has 0 saturated carbocycles. The predicted octanol–water partition coefficient (Wildman–Crippen LogP) is -1.31. The van der Waals surface area contributed by atoms with Gasteiger partial charge in [0.1, 0.15) is 19.6 Å². The average Bonchev–Trinajstić information content (AvgIpc) is 2.59. The molecule has 0 bridgehead atoms. The van der Waals surface area contributed by atoms with Gasteiger partial charge in [-0.1, -0.05) is 12.1 Å². The second-order valence-corrected chi connectivity index (χ2v) is 8.25. The molecule has 0 spiro atoms. The van der Waals surface area contributed by atoms with Crippen molar-refractivity contribution in [2.45, 2.75) is 6.92 Å². The van der Waals surface area contributed by atoms with Crippen molar-refractivity contribution >= 4 is 27.4 Å². The van der Waals surface area contributed by atoms with Crippen LogP contribution in [0.2, 0.25) is 0 Å². The lowest BCUT2D eigenvalue weighted by Crippen LogP contribution is -3.14. The number of ketones is 1. The smallest absolute Gasteiger partial charge is 0.240 e. The van der Waals surface area contributed by atoms with Crippen LogP contribution in [0.25, 0.3) is 0 Å². The monoisotopic (exact) mass is 384 g/mol. The molecule has 144 valence electrons. The van der Waals surface area contributed by atoms with Gasteiger partial charge in [-0.2, -0.15) is 0 Å². The van der Waals surface area contributed by atoms with E-state index in [1.807, 2.05) is 0 Å². The normalized spacial score (nSPS) is 15.5. The number of morpholine rings is 1. The molecule has 0 radical (unpaired) electrons. The summed E-state index contributed by atoms with van der Waals surface area (Å²) >= 11 is 0. The molecule has 2 rings (SSSR count). The molecule has 1 heterocycles. The highest BCUT2D eigenvalue weighted by atomic mass is 32.2. The van der Waals surface area contributed by atoms with E-state index in [0.717, 1.165) is 43.4 Å². The number of carbonyl (C=O) groups is 2. The molecule has 0 aliphatic carbocycles. The molecule has 0 atom stereocenters. The van der Waals surface area contributed by atoms with Crippen LogP contribution in [0.15, 0.2) is 24.3 Å². The van der Waals surface area contributed by atoms with Crippen molar-refractivity contribution < 1.29 is 27.6 Å². The van der Waals surface area contributed by atoms with Gasteiger partial charge in [0, 0.05) is 5.56 Å². The van der Waals surface area contributed by atoms with Crippen LogP contribution in [0.3, 0.4) is 0 Å². The van der Waals surface area contributed by atoms with Crippen molar-refractivity contribution in [2.24, 2.45) is 0 Å². The zero-order valence-corrected chi connectivity index (χ0v) is 16.0. The van der Waals surface area contributed by atoms with E-state index in [0.29, 0.717) is 17.8 Å². The number of carbonyl (C=O) groups excluding carboxylic acids is 2. The zero-order chi connectivity index (χ0) is 19.2. The fraction of sp³-hybridized carbons (Fsp3) is 0.529. The summed E-state index contributed by atoms with van der Waals surface area (Å²) in [7, 11) is -3.66. The quantitative estimate of drug-likeness (QED) is 0.542. The first kappa shape index (κ1) is 20.3. The molecule has 1 aromatic carbocycles. The third-order valence-electron chi connectivity index (χ3n) is 4.23. The van der Waals surface area contributed by atoms with Crippen LogP contribution >= 0.6 is 0 Å². The average molecular weight is 384 g/mol. The summed E-state index contributed by atoms with van der Waals surface area (Å²) in [5.74, 6) is -0.547. The maximum atomic E-state index is 12.2. The van der Waals surface area contributed by atoms with E-state index in [1.54, 1.807) is 18.2 Å². The third kappa shape index (κ3) is 6.08. The first-order valence-electron chi connectivity index (χ1n) is 8.54. The number of anilines is 1. The van der Waals surface area contributed by atoms with E-state index in [4.69, 9.17) is 4.74 Å². The Morgan fingerprint density at radius 1 is 1.27 bits per heavy atom. The Morgan fingerprint density at radius 2 is 1.96 bits per heavy atom. The highest BCUT2D eigenvalue weighted by Crippen LogP contribution is 2.19. The van der Waals surface area contributed by atoms with Crippen LogP contribution in [-0.4, -0.2) is 72.3 Å². The van der Waals surface area contributed by atoms with Crippen molar-refractivity contribution in [3.05, 3.63) is 29.8 Å². The standard InChI is InChI=1S/C17H25N3O5S/c1-14(21)15-4-3-5-16(12-15)20(26(2,23)24)13-17(22)18-6-7-19-8-10-25-11-9-19/h3-5,12H,6-11,13H2,1-2H3,(H,18,22)/p+1. The number of hydrogen-bond acceptors (Lipinski definition) is 5. The van der Waals surface area contributed by atoms with Crippen LogP contribution in [-0.2, 0) is 19.6 Å². The minimum atomic E-state index is -3.66. The molecule has 0 unspecified atom stereocenters. The molecule has 26 heavy (non-hydrogen) atoms. The fourth-order valence-corrected chi connectivity index (χ4v) is 3.60. The van der Waals surface area contributed by atoms with E-state index in [1.165, 1.54) is 17.9 Å². The Morgan fingerprint density at radius 3 is 2.58 bits per heavy atom. The number of sulfonamides is 1. The van der Waals surface area contributed by atoms with Gasteiger partial charge in [-0.25, -0.2) is 8.42 Å². The second kappa shape index (κ2) is 9.11. The number of ether oxygens (including phenoxy) is 1. The number of amides is 1. The molecule has 1 saturated heterocycles. The Bertz CT molecular complexity index is 745. The number of quaternary nitrogens is 1. The molecule has 1 aromatic rings.